The molecule has 1 aliphatic heterocycles. The van der Waals surface area contributed by atoms with Crippen molar-refractivity contribution in [2.45, 2.75) is 11.8 Å². The summed E-state index contributed by atoms with van der Waals surface area (Å²) in [7, 11) is 0. The lowest BCUT2D eigenvalue weighted by atomic mass is 10.1. The molecule has 1 aliphatic rings. The van der Waals surface area contributed by atoms with Gasteiger partial charge < -0.3 is 0 Å². The van der Waals surface area contributed by atoms with Crippen LogP contribution in [-0.4, -0.2) is 15.7 Å². The van der Waals surface area contributed by atoms with Crippen LogP contribution in [0.15, 0.2) is 0 Å². The Morgan fingerprint density at radius 2 is 2.62 bits per heavy atom. The maximum absolute atomic E-state index is 10.6. The topological polar surface area (TPSA) is 17.1 Å². The van der Waals surface area contributed by atoms with E-state index in [4.69, 9.17) is 0 Å². The fraction of sp³-hybridized carbons (Fsp3) is 0.800. The highest BCUT2D eigenvalue weighted by Crippen LogP contribution is 2.32. The molecule has 2 unspecified atom stereocenters. The Hall–Kier alpha value is 0.500. The minimum Gasteiger partial charge on any atom is -0.287 e. The first-order valence-corrected chi connectivity index (χ1v) is 4.42. The van der Waals surface area contributed by atoms with Crippen molar-refractivity contribution in [3.63, 3.8) is 0 Å². The van der Waals surface area contributed by atoms with Gasteiger partial charge >= 0.3 is 0 Å². The molecule has 0 aromatic rings. The minimum atomic E-state index is 0.292. The maximum Gasteiger partial charge on any atom is 0.193 e. The molecule has 0 radical (unpaired) electrons. The van der Waals surface area contributed by atoms with Crippen LogP contribution in [0.25, 0.3) is 0 Å². The number of carbonyl (C=O) groups excluding carboxylic acids is 1. The molecule has 1 rings (SSSR count). The highest BCUT2D eigenvalue weighted by atomic mass is 79.9. The van der Waals surface area contributed by atoms with Crippen LogP contribution in [-0.2, 0) is 4.79 Å². The Balaban J connectivity index is 2.37. The van der Waals surface area contributed by atoms with Gasteiger partial charge in [-0.1, -0.05) is 34.6 Å². The van der Waals surface area contributed by atoms with Crippen molar-refractivity contribution in [2.75, 3.05) is 5.75 Å². The molecule has 0 aliphatic carbocycles. The molecule has 3 heteroatoms. The first-order valence-electron chi connectivity index (χ1n) is 2.52. The number of rotatable bonds is 1. The zero-order chi connectivity index (χ0) is 6.15. The Morgan fingerprint density at radius 1 is 2.00 bits per heavy atom. The molecule has 0 bridgehead atoms. The second-order valence-electron chi connectivity index (χ2n) is 1.91. The number of hydrogen-bond acceptors (Lipinski definition) is 2. The molecule has 0 spiro atoms. The molecule has 8 heavy (non-hydrogen) atoms. The van der Waals surface area contributed by atoms with Gasteiger partial charge in [0.1, 0.15) is 0 Å². The number of thioether (sulfide) groups is 1. The third-order valence-corrected chi connectivity index (χ3v) is 3.01. The molecule has 1 fully saturated rings. The van der Waals surface area contributed by atoms with Crippen LogP contribution in [0.3, 0.4) is 0 Å². The van der Waals surface area contributed by atoms with E-state index in [0.29, 0.717) is 15.9 Å². The van der Waals surface area contributed by atoms with Crippen LogP contribution in [0, 0.1) is 5.92 Å². The Kier molecular flexibility index (Phi) is 1.98. The molecule has 46 valence electrons. The van der Waals surface area contributed by atoms with Crippen LogP contribution in [0.1, 0.15) is 6.92 Å². The monoisotopic (exact) mass is 194 g/mol. The van der Waals surface area contributed by atoms with Gasteiger partial charge in [0, 0.05) is 16.5 Å². The van der Waals surface area contributed by atoms with Crippen molar-refractivity contribution < 1.29 is 4.79 Å². The summed E-state index contributed by atoms with van der Waals surface area (Å²) in [5.74, 6) is 1.30. The van der Waals surface area contributed by atoms with Crippen LogP contribution in [0.5, 0.6) is 0 Å². The second-order valence-corrected chi connectivity index (χ2v) is 4.38. The van der Waals surface area contributed by atoms with Crippen molar-refractivity contribution >= 4 is 32.8 Å². The zero-order valence-corrected chi connectivity index (χ0v) is 6.96. The third-order valence-electron chi connectivity index (χ3n) is 1.26. The van der Waals surface area contributed by atoms with E-state index in [2.05, 4.69) is 15.9 Å². The Bertz CT molecular complexity index is 113. The fourth-order valence-electron chi connectivity index (χ4n) is 0.568. The number of hydrogen-bond donors (Lipinski definition) is 0. The Morgan fingerprint density at radius 3 is 2.62 bits per heavy atom. The highest BCUT2D eigenvalue weighted by molar-refractivity contribution is 9.09. The van der Waals surface area contributed by atoms with Gasteiger partial charge in [0.05, 0.1) is 0 Å². The van der Waals surface area contributed by atoms with Crippen LogP contribution in [0.4, 0.5) is 0 Å². The largest absolute Gasteiger partial charge is 0.287 e. The molecule has 0 amide bonds. The van der Waals surface area contributed by atoms with E-state index in [-0.39, 0.29) is 0 Å². The molecule has 0 aromatic heterocycles. The predicted octanol–water partition coefficient (Wildman–Crippen LogP) is 1.66. The van der Waals surface area contributed by atoms with Crippen molar-refractivity contribution in [1.82, 2.24) is 0 Å². The van der Waals surface area contributed by atoms with Gasteiger partial charge in [-0.3, -0.25) is 4.79 Å². The summed E-state index contributed by atoms with van der Waals surface area (Å²) < 4.78 is 0. The molecular weight excluding hydrogens is 188 g/mol. The lowest BCUT2D eigenvalue weighted by Gasteiger charge is -2.24. The van der Waals surface area contributed by atoms with Gasteiger partial charge in [-0.2, -0.15) is 0 Å². The average Bonchev–Trinajstić information content (AvgIpc) is 1.61. The summed E-state index contributed by atoms with van der Waals surface area (Å²) >= 11 is 4.79. The quantitative estimate of drug-likeness (QED) is 0.592. The van der Waals surface area contributed by atoms with Crippen molar-refractivity contribution in [2.24, 2.45) is 5.92 Å². The normalized spacial score (nSPS) is 31.8. The first kappa shape index (κ1) is 6.62. The van der Waals surface area contributed by atoms with Crippen molar-refractivity contribution in [1.29, 1.82) is 0 Å². The van der Waals surface area contributed by atoms with Crippen LogP contribution < -0.4 is 0 Å². The highest BCUT2D eigenvalue weighted by Gasteiger charge is 2.32. The van der Waals surface area contributed by atoms with E-state index in [1.807, 2.05) is 6.92 Å². The van der Waals surface area contributed by atoms with Gasteiger partial charge in [-0.15, -0.1) is 0 Å². The first-order chi connectivity index (χ1) is 3.72. The smallest absolute Gasteiger partial charge is 0.193 e. The lowest BCUT2D eigenvalue weighted by Crippen LogP contribution is -2.31. The van der Waals surface area contributed by atoms with Crippen molar-refractivity contribution in [3.05, 3.63) is 0 Å². The second kappa shape index (κ2) is 2.40. The van der Waals surface area contributed by atoms with Crippen LogP contribution >= 0.6 is 27.7 Å². The summed E-state index contributed by atoms with van der Waals surface area (Å²) in [5.41, 5.74) is 0. The predicted molar refractivity (Wildman–Crippen MR) is 39.3 cm³/mol. The van der Waals surface area contributed by atoms with Gasteiger partial charge in [0.15, 0.2) is 5.12 Å². The third kappa shape index (κ3) is 1.08. The number of halogens is 1. The minimum absolute atomic E-state index is 0.292. The standard InChI is InChI=1S/C5H7BrOS/c1-3(6)4-2-8-5(4)7/h3-4H,2H2,1H3. The molecular formula is C5H7BrOS. The molecule has 0 saturated carbocycles. The van der Waals surface area contributed by atoms with E-state index >= 15 is 0 Å². The fourth-order valence-corrected chi connectivity index (χ4v) is 2.41. The zero-order valence-electron chi connectivity index (χ0n) is 4.56. The average molecular weight is 195 g/mol. The van der Waals surface area contributed by atoms with Crippen molar-refractivity contribution in [3.8, 4) is 0 Å². The van der Waals surface area contributed by atoms with Crippen LogP contribution in [0.2, 0.25) is 0 Å². The summed E-state index contributed by atoms with van der Waals surface area (Å²) in [5, 5.41) is 0.342. The lowest BCUT2D eigenvalue weighted by molar-refractivity contribution is -0.114. The number of alkyl halides is 1. The van der Waals surface area contributed by atoms with E-state index in [1.54, 1.807) is 0 Å². The summed E-state index contributed by atoms with van der Waals surface area (Å²) in [6.45, 7) is 2.02. The number of carbonyl (C=O) groups is 1. The van der Waals surface area contributed by atoms with Gasteiger partial charge in [-0.25, -0.2) is 0 Å². The molecule has 2 atom stereocenters. The summed E-state index contributed by atoms with van der Waals surface area (Å²) in [4.78, 5) is 11.0. The molecule has 1 saturated heterocycles. The van der Waals surface area contributed by atoms with Gasteiger partial charge in [-0.05, 0) is 0 Å². The SMILES string of the molecule is CC(Br)C1CSC1=O. The van der Waals surface area contributed by atoms with E-state index in [0.717, 1.165) is 5.75 Å². The molecule has 0 aromatic carbocycles. The van der Waals surface area contributed by atoms with E-state index in [9.17, 15) is 4.79 Å². The van der Waals surface area contributed by atoms with E-state index < -0.39 is 0 Å². The molecule has 0 N–H and O–H groups in total. The van der Waals surface area contributed by atoms with Gasteiger partial charge in [0.25, 0.3) is 0 Å². The maximum atomic E-state index is 10.6. The Labute approximate surface area is 61.3 Å². The molecule has 1 heterocycles. The van der Waals surface area contributed by atoms with Gasteiger partial charge in [0.2, 0.25) is 0 Å². The summed E-state index contributed by atoms with van der Waals surface area (Å²) in [6, 6.07) is 0. The summed E-state index contributed by atoms with van der Waals surface area (Å²) in [6.07, 6.45) is 0. The molecule has 1 nitrogen and oxygen atoms in total. The van der Waals surface area contributed by atoms with E-state index in [1.165, 1.54) is 11.8 Å².